The third kappa shape index (κ3) is 6.44. The van der Waals surface area contributed by atoms with Crippen LogP contribution in [0.5, 0.6) is 11.5 Å². The van der Waals surface area contributed by atoms with Gasteiger partial charge in [-0.05, 0) is 55.8 Å². The minimum Gasteiger partial charge on any atom is -0.609 e. The van der Waals surface area contributed by atoms with Crippen LogP contribution in [0.25, 0.3) is 11.0 Å². The maximum Gasteiger partial charge on any atom is 0.422 e. The minimum absolute atomic E-state index is 0.0172. The highest BCUT2D eigenvalue weighted by Gasteiger charge is 2.32. The van der Waals surface area contributed by atoms with E-state index in [4.69, 9.17) is 9.47 Å². The molecule has 4 rings (SSSR count). The molecule has 1 N–H and O–H groups in total. The summed E-state index contributed by atoms with van der Waals surface area (Å²) in [5.74, 6) is -1.09. The summed E-state index contributed by atoms with van der Waals surface area (Å²) in [5, 5.41) is 9.62. The van der Waals surface area contributed by atoms with Crippen LogP contribution in [0.1, 0.15) is 40.1 Å². The minimum atomic E-state index is -4.54. The molecule has 222 valence electrons. The highest BCUT2D eigenvalue weighted by atomic mass is 32.2. The van der Waals surface area contributed by atoms with Gasteiger partial charge in [0.2, 0.25) is 0 Å². The number of benzene rings is 2. The maximum absolute atomic E-state index is 13.9. The number of carboxylic acid groups (broad SMARTS) is 1. The summed E-state index contributed by atoms with van der Waals surface area (Å²) in [4.78, 5) is 35.7. The van der Waals surface area contributed by atoms with Crippen LogP contribution in [-0.2, 0) is 16.9 Å². The van der Waals surface area contributed by atoms with Gasteiger partial charge in [-0.15, -0.1) is 0 Å². The molecule has 2 unspecified atom stereocenters. The van der Waals surface area contributed by atoms with Crippen molar-refractivity contribution in [3.8, 4) is 11.5 Å². The van der Waals surface area contributed by atoms with Crippen LogP contribution >= 0.6 is 0 Å². The first-order chi connectivity index (χ1) is 19.8. The normalized spacial score (nSPS) is 13.0. The molecule has 0 spiro atoms. The van der Waals surface area contributed by atoms with Crippen molar-refractivity contribution in [1.29, 1.82) is 0 Å². The molecule has 2 atom stereocenters. The van der Waals surface area contributed by atoms with E-state index in [1.54, 1.807) is 31.2 Å². The molecule has 0 radical (unpaired) electrons. The van der Waals surface area contributed by atoms with Crippen molar-refractivity contribution in [2.75, 3.05) is 20.8 Å². The predicted octanol–water partition coefficient (Wildman–Crippen LogP) is 5.36. The van der Waals surface area contributed by atoms with Crippen LogP contribution in [0.2, 0.25) is 0 Å². The van der Waals surface area contributed by atoms with E-state index in [1.165, 1.54) is 61.0 Å². The second-order valence-corrected chi connectivity index (χ2v) is 10.7. The van der Waals surface area contributed by atoms with E-state index in [1.807, 2.05) is 0 Å². The van der Waals surface area contributed by atoms with Gasteiger partial charge in [-0.2, -0.15) is 18.2 Å². The van der Waals surface area contributed by atoms with Gasteiger partial charge in [0.15, 0.2) is 12.4 Å². The Labute approximate surface area is 241 Å². The fraction of sp³-hybridized carbons (Fsp3) is 0.286. The van der Waals surface area contributed by atoms with Gasteiger partial charge in [0.25, 0.3) is 0 Å². The van der Waals surface area contributed by atoms with Crippen molar-refractivity contribution in [2.24, 2.45) is 0 Å². The molecule has 4 aromatic rings. The molecule has 0 aliphatic heterocycles. The number of ether oxygens (including phenoxy) is 2. The molecule has 2 heterocycles. The highest BCUT2D eigenvalue weighted by molar-refractivity contribution is 7.90. The molecule has 0 aliphatic rings. The number of rotatable bonds is 9. The van der Waals surface area contributed by atoms with Gasteiger partial charge in [0.1, 0.15) is 11.5 Å². The molecular weight excluding hydrogens is 577 g/mol. The molecule has 10 nitrogen and oxygen atoms in total. The topological polar surface area (TPSA) is 130 Å². The summed E-state index contributed by atoms with van der Waals surface area (Å²) in [5.41, 5.74) is 1.53. The molecule has 14 heteroatoms. The van der Waals surface area contributed by atoms with Crippen molar-refractivity contribution in [1.82, 2.24) is 19.4 Å². The number of pyridine rings is 1. The lowest BCUT2D eigenvalue weighted by molar-refractivity contribution is -0.153. The third-order valence-electron chi connectivity index (χ3n) is 6.66. The number of carbonyl (C=O) groups is 2. The van der Waals surface area contributed by atoms with Gasteiger partial charge < -0.3 is 24.0 Å². The standard InChI is InChI=1S/C28H27F3N4O6S/c1-16-22(32-12-11-24(16)41-15-28(29,30)31)14-42(39)26-33-21-7-5-6-8-23(21)35(26)27(38)34(3)17(2)20-13-18(40-4)9-10-19(20)25(36)37/h5-13,17H,14-15H2,1-4H3,(H,36,37). The molecule has 2 aromatic carbocycles. The van der Waals surface area contributed by atoms with E-state index in [-0.39, 0.29) is 33.5 Å². The number of alkyl halides is 3. The van der Waals surface area contributed by atoms with Gasteiger partial charge in [-0.3, -0.25) is 4.98 Å². The largest absolute Gasteiger partial charge is 0.609 e. The Morgan fingerprint density at radius 3 is 2.57 bits per heavy atom. The first-order valence-corrected chi connectivity index (χ1v) is 13.8. The molecule has 42 heavy (non-hydrogen) atoms. The molecule has 0 aliphatic carbocycles. The van der Waals surface area contributed by atoms with E-state index in [0.717, 1.165) is 0 Å². The lowest BCUT2D eigenvalue weighted by atomic mass is 10.00. The van der Waals surface area contributed by atoms with Gasteiger partial charge in [-0.1, -0.05) is 12.1 Å². The van der Waals surface area contributed by atoms with E-state index in [0.29, 0.717) is 22.3 Å². The lowest BCUT2D eigenvalue weighted by Gasteiger charge is -2.27. The number of aromatic nitrogens is 3. The summed E-state index contributed by atoms with van der Waals surface area (Å²) < 4.78 is 63.0. The van der Waals surface area contributed by atoms with Crippen LogP contribution in [0.15, 0.2) is 59.9 Å². The quantitative estimate of drug-likeness (QED) is 0.253. The number of carboxylic acids is 1. The van der Waals surface area contributed by atoms with E-state index in [2.05, 4.69) is 9.97 Å². The van der Waals surface area contributed by atoms with E-state index >= 15 is 0 Å². The van der Waals surface area contributed by atoms with Crippen LogP contribution in [-0.4, -0.2) is 68.0 Å². The molecule has 0 fully saturated rings. The van der Waals surface area contributed by atoms with Crippen molar-refractivity contribution in [3.63, 3.8) is 0 Å². The third-order valence-corrected chi connectivity index (χ3v) is 7.88. The molecule has 0 bridgehead atoms. The number of imidazole rings is 1. The summed E-state index contributed by atoms with van der Waals surface area (Å²) in [7, 11) is 2.92. The Bertz CT molecular complexity index is 1630. The van der Waals surface area contributed by atoms with E-state index < -0.39 is 42.0 Å². The van der Waals surface area contributed by atoms with Crippen LogP contribution < -0.4 is 9.47 Å². The Hall–Kier alpha value is -4.30. The molecule has 0 saturated heterocycles. The zero-order valence-corrected chi connectivity index (χ0v) is 23.8. The molecule has 1 amide bonds. The van der Waals surface area contributed by atoms with Gasteiger partial charge in [-0.25, -0.2) is 14.2 Å². The number of para-hydroxylation sites is 2. The average Bonchev–Trinajstić information content (AvgIpc) is 3.35. The van der Waals surface area contributed by atoms with Crippen LogP contribution in [0.4, 0.5) is 18.0 Å². The van der Waals surface area contributed by atoms with Crippen molar-refractivity contribution < 1.29 is 41.9 Å². The van der Waals surface area contributed by atoms with Gasteiger partial charge in [0, 0.05) is 30.0 Å². The fourth-order valence-electron chi connectivity index (χ4n) is 4.29. The monoisotopic (exact) mass is 604 g/mol. The summed E-state index contributed by atoms with van der Waals surface area (Å²) in [6.07, 6.45) is -3.29. The number of carbonyl (C=O) groups excluding carboxylic acids is 1. The number of methoxy groups -OCH3 is 1. The summed E-state index contributed by atoms with van der Waals surface area (Å²) >= 11 is -1.98. The van der Waals surface area contributed by atoms with Gasteiger partial charge >= 0.3 is 23.3 Å². The molecule has 0 saturated carbocycles. The van der Waals surface area contributed by atoms with Crippen molar-refractivity contribution >= 4 is 34.2 Å². The highest BCUT2D eigenvalue weighted by Crippen LogP contribution is 2.31. The Morgan fingerprint density at radius 1 is 1.19 bits per heavy atom. The van der Waals surface area contributed by atoms with Crippen molar-refractivity contribution in [3.05, 3.63) is 77.1 Å². The number of nitrogens with zero attached hydrogens (tertiary/aromatic N) is 4. The number of amides is 1. The maximum atomic E-state index is 13.9. The summed E-state index contributed by atoms with van der Waals surface area (Å²) in [6.45, 7) is 1.66. The number of halogens is 3. The number of aromatic carboxylic acids is 1. The first kappa shape index (κ1) is 30.7. The fourth-order valence-corrected chi connectivity index (χ4v) is 5.54. The first-order valence-electron chi connectivity index (χ1n) is 12.5. The van der Waals surface area contributed by atoms with Crippen LogP contribution in [0, 0.1) is 6.92 Å². The predicted molar refractivity (Wildman–Crippen MR) is 147 cm³/mol. The Morgan fingerprint density at radius 2 is 1.90 bits per heavy atom. The van der Waals surface area contributed by atoms with E-state index in [9.17, 15) is 32.4 Å². The van der Waals surface area contributed by atoms with Gasteiger partial charge in [0.05, 0.1) is 35.4 Å². The lowest BCUT2D eigenvalue weighted by Crippen LogP contribution is -2.35. The second-order valence-electron chi connectivity index (χ2n) is 9.32. The SMILES string of the molecule is COc1ccc(C(=O)O)c(C(C)N(C)C(=O)n2c([S+]([O-])Cc3nccc(OCC(F)(F)F)c3C)nc3ccccc32)c1. The molecular formula is C28H27F3N4O6S. The molecule has 2 aromatic heterocycles. The number of hydrogen-bond acceptors (Lipinski definition) is 7. The number of hydrogen-bond donors (Lipinski definition) is 1. The summed E-state index contributed by atoms with van der Waals surface area (Å²) in [6, 6.07) is 11.0. The van der Waals surface area contributed by atoms with Crippen molar-refractivity contribution in [2.45, 2.75) is 37.0 Å². The zero-order chi connectivity index (χ0) is 30.8. The Kier molecular flexibility index (Phi) is 8.97. The Balaban J connectivity index is 1.70. The second kappa shape index (κ2) is 12.3. The number of fused-ring (bicyclic) bond motifs is 1. The smallest absolute Gasteiger partial charge is 0.422 e. The zero-order valence-electron chi connectivity index (χ0n) is 23.0. The average molecular weight is 605 g/mol. The van der Waals surface area contributed by atoms with Crippen LogP contribution in [0.3, 0.4) is 0 Å².